The maximum atomic E-state index is 14.3. The standard InChI is InChI=1S/C21H21FN2O3S2/c22-20-5-2-1-4-16(20)14-18-15-23(29(26,27)21-6-3-13-28-21)11-12-24(18)17-7-9-19(25)10-8-17/h1-10,13,18,25H,11-12,14-15H2/t18-/m0/s1. The third-order valence-corrected chi connectivity index (χ3v) is 8.37. The van der Waals surface area contributed by atoms with Gasteiger partial charge in [-0.2, -0.15) is 4.31 Å². The monoisotopic (exact) mass is 432 g/mol. The van der Waals surface area contributed by atoms with E-state index in [9.17, 15) is 17.9 Å². The summed E-state index contributed by atoms with van der Waals surface area (Å²) >= 11 is 1.20. The van der Waals surface area contributed by atoms with Crippen LogP contribution in [0.2, 0.25) is 0 Å². The number of rotatable bonds is 5. The molecule has 8 heteroatoms. The fourth-order valence-corrected chi connectivity index (χ4v) is 6.27. The number of phenols is 1. The first-order valence-electron chi connectivity index (χ1n) is 9.28. The molecule has 1 aromatic heterocycles. The Kier molecular flexibility index (Phi) is 5.58. The molecule has 0 spiro atoms. The van der Waals surface area contributed by atoms with Crippen molar-refractivity contribution in [2.45, 2.75) is 16.7 Å². The highest BCUT2D eigenvalue weighted by Crippen LogP contribution is 2.29. The van der Waals surface area contributed by atoms with Crippen LogP contribution in [0.1, 0.15) is 5.56 Å². The van der Waals surface area contributed by atoms with Gasteiger partial charge in [0, 0.05) is 31.4 Å². The molecule has 5 nitrogen and oxygen atoms in total. The van der Waals surface area contributed by atoms with Gasteiger partial charge in [-0.3, -0.25) is 0 Å². The second-order valence-electron chi connectivity index (χ2n) is 6.95. The molecule has 1 atom stereocenters. The van der Waals surface area contributed by atoms with Gasteiger partial charge in [-0.25, -0.2) is 12.8 Å². The number of halogens is 1. The molecule has 0 bridgehead atoms. The third kappa shape index (κ3) is 4.14. The van der Waals surface area contributed by atoms with Gasteiger partial charge in [-0.05, 0) is 53.8 Å². The van der Waals surface area contributed by atoms with Crippen LogP contribution in [0, 0.1) is 5.82 Å². The average Bonchev–Trinajstić information content (AvgIpc) is 3.26. The summed E-state index contributed by atoms with van der Waals surface area (Å²) in [6, 6.07) is 16.5. The summed E-state index contributed by atoms with van der Waals surface area (Å²) in [6.07, 6.45) is 0.379. The Morgan fingerprint density at radius 2 is 1.79 bits per heavy atom. The van der Waals surface area contributed by atoms with E-state index in [1.165, 1.54) is 21.7 Å². The zero-order chi connectivity index (χ0) is 20.4. The Balaban J connectivity index is 1.65. The van der Waals surface area contributed by atoms with Crippen LogP contribution < -0.4 is 4.90 Å². The molecule has 1 aliphatic heterocycles. The number of aromatic hydroxyl groups is 1. The molecule has 2 heterocycles. The number of nitrogens with zero attached hydrogens (tertiary/aromatic N) is 2. The Hall–Kier alpha value is -2.42. The van der Waals surface area contributed by atoms with Gasteiger partial charge < -0.3 is 10.0 Å². The number of benzene rings is 2. The van der Waals surface area contributed by atoms with E-state index in [4.69, 9.17) is 0 Å². The number of hydrogen-bond acceptors (Lipinski definition) is 5. The lowest BCUT2D eigenvalue weighted by atomic mass is 10.0. The highest BCUT2D eigenvalue weighted by molar-refractivity contribution is 7.91. The lowest BCUT2D eigenvalue weighted by molar-refractivity contribution is 0.329. The van der Waals surface area contributed by atoms with Crippen molar-refractivity contribution in [1.29, 1.82) is 0 Å². The fourth-order valence-electron chi connectivity index (χ4n) is 3.66. The molecule has 1 aliphatic rings. The van der Waals surface area contributed by atoms with Crippen LogP contribution in [0.5, 0.6) is 5.75 Å². The lowest BCUT2D eigenvalue weighted by Crippen LogP contribution is -2.55. The molecular formula is C21H21FN2O3S2. The summed E-state index contributed by atoms with van der Waals surface area (Å²) in [5.74, 6) is -0.130. The minimum atomic E-state index is -3.57. The van der Waals surface area contributed by atoms with Crippen molar-refractivity contribution < 1.29 is 17.9 Å². The topological polar surface area (TPSA) is 60.9 Å². The lowest BCUT2D eigenvalue weighted by Gasteiger charge is -2.42. The quantitative estimate of drug-likeness (QED) is 0.668. The van der Waals surface area contributed by atoms with Crippen molar-refractivity contribution in [3.63, 3.8) is 0 Å². The minimum Gasteiger partial charge on any atom is -0.508 e. The third-order valence-electron chi connectivity index (χ3n) is 5.13. The molecule has 2 aromatic carbocycles. The highest BCUT2D eigenvalue weighted by Gasteiger charge is 2.35. The van der Waals surface area contributed by atoms with E-state index in [-0.39, 0.29) is 24.2 Å². The fraction of sp³-hybridized carbons (Fsp3) is 0.238. The summed E-state index contributed by atoms with van der Waals surface area (Å²) in [5, 5.41) is 11.3. The van der Waals surface area contributed by atoms with Crippen LogP contribution in [-0.2, 0) is 16.4 Å². The van der Waals surface area contributed by atoms with Gasteiger partial charge in [-0.1, -0.05) is 24.3 Å². The Labute approximate surface area is 173 Å². The molecule has 1 saturated heterocycles. The van der Waals surface area contributed by atoms with E-state index in [1.54, 1.807) is 60.0 Å². The van der Waals surface area contributed by atoms with Gasteiger partial charge in [0.1, 0.15) is 15.8 Å². The second kappa shape index (κ2) is 8.14. The summed E-state index contributed by atoms with van der Waals surface area (Å²) in [5.41, 5.74) is 1.42. The number of sulfonamides is 1. The van der Waals surface area contributed by atoms with Gasteiger partial charge in [0.15, 0.2) is 0 Å². The van der Waals surface area contributed by atoms with E-state index >= 15 is 0 Å². The van der Waals surface area contributed by atoms with Crippen LogP contribution in [0.25, 0.3) is 0 Å². The number of anilines is 1. The summed E-state index contributed by atoms with van der Waals surface area (Å²) in [7, 11) is -3.57. The minimum absolute atomic E-state index is 0.165. The molecule has 0 radical (unpaired) electrons. The Bertz CT molecular complexity index is 1070. The van der Waals surface area contributed by atoms with Crippen LogP contribution in [0.15, 0.2) is 70.3 Å². The van der Waals surface area contributed by atoms with Crippen molar-refractivity contribution in [2.75, 3.05) is 24.5 Å². The molecule has 1 fully saturated rings. The maximum Gasteiger partial charge on any atom is 0.252 e. The highest BCUT2D eigenvalue weighted by atomic mass is 32.2. The average molecular weight is 433 g/mol. The molecule has 0 unspecified atom stereocenters. The Morgan fingerprint density at radius 3 is 2.48 bits per heavy atom. The van der Waals surface area contributed by atoms with Gasteiger partial charge in [0.2, 0.25) is 0 Å². The molecule has 3 aromatic rings. The van der Waals surface area contributed by atoms with Crippen molar-refractivity contribution in [3.05, 3.63) is 77.4 Å². The van der Waals surface area contributed by atoms with Crippen molar-refractivity contribution in [2.24, 2.45) is 0 Å². The zero-order valence-electron chi connectivity index (χ0n) is 15.6. The molecule has 1 N–H and O–H groups in total. The zero-order valence-corrected chi connectivity index (χ0v) is 17.2. The first-order chi connectivity index (χ1) is 13.9. The van der Waals surface area contributed by atoms with Crippen molar-refractivity contribution >= 4 is 27.0 Å². The predicted molar refractivity (Wildman–Crippen MR) is 112 cm³/mol. The molecule has 4 rings (SSSR count). The molecule has 0 amide bonds. The van der Waals surface area contributed by atoms with Gasteiger partial charge in [0.05, 0.1) is 0 Å². The van der Waals surface area contributed by atoms with Crippen LogP contribution in [0.3, 0.4) is 0 Å². The number of phenolic OH excluding ortho intramolecular Hbond substituents is 1. The van der Waals surface area contributed by atoms with Crippen molar-refractivity contribution in [3.8, 4) is 5.75 Å². The molecule has 0 saturated carbocycles. The van der Waals surface area contributed by atoms with E-state index in [1.807, 2.05) is 0 Å². The number of hydrogen-bond donors (Lipinski definition) is 1. The summed E-state index contributed by atoms with van der Waals surface area (Å²) in [6.45, 7) is 1.08. The van der Waals surface area contributed by atoms with Crippen LogP contribution >= 0.6 is 11.3 Å². The SMILES string of the molecule is O=S(=O)(c1cccs1)N1CCN(c2ccc(O)cc2)[C@@H](Cc2ccccc2F)C1. The van der Waals surface area contributed by atoms with Gasteiger partial charge in [-0.15, -0.1) is 11.3 Å². The first-order valence-corrected chi connectivity index (χ1v) is 11.6. The predicted octanol–water partition coefficient (Wildman–Crippen LogP) is 3.72. The maximum absolute atomic E-state index is 14.3. The summed E-state index contributed by atoms with van der Waals surface area (Å²) < 4.78 is 42.1. The van der Waals surface area contributed by atoms with Crippen LogP contribution in [0.4, 0.5) is 10.1 Å². The van der Waals surface area contributed by atoms with Crippen molar-refractivity contribution in [1.82, 2.24) is 4.31 Å². The van der Waals surface area contributed by atoms with Gasteiger partial charge in [0.25, 0.3) is 10.0 Å². The molecule has 0 aliphatic carbocycles. The molecule has 29 heavy (non-hydrogen) atoms. The number of piperazine rings is 1. The second-order valence-corrected chi connectivity index (χ2v) is 10.1. The van der Waals surface area contributed by atoms with E-state index < -0.39 is 10.0 Å². The van der Waals surface area contributed by atoms with E-state index in [2.05, 4.69) is 4.90 Å². The van der Waals surface area contributed by atoms with E-state index in [0.717, 1.165) is 5.69 Å². The number of thiophene rings is 1. The molecule has 152 valence electrons. The first kappa shape index (κ1) is 19.9. The largest absolute Gasteiger partial charge is 0.508 e. The smallest absolute Gasteiger partial charge is 0.252 e. The summed E-state index contributed by atoms with van der Waals surface area (Å²) in [4.78, 5) is 2.09. The Morgan fingerprint density at radius 1 is 1.03 bits per heavy atom. The van der Waals surface area contributed by atoms with Crippen LogP contribution in [-0.4, -0.2) is 43.5 Å². The van der Waals surface area contributed by atoms with E-state index in [0.29, 0.717) is 29.3 Å². The molecular weight excluding hydrogens is 411 g/mol. The normalized spacial score (nSPS) is 18.1. The van der Waals surface area contributed by atoms with Gasteiger partial charge >= 0.3 is 0 Å².